The Hall–Kier alpha value is -1.64. The van der Waals surface area contributed by atoms with Crippen molar-refractivity contribution >= 4 is 40.0 Å². The van der Waals surface area contributed by atoms with Crippen molar-refractivity contribution in [3.63, 3.8) is 0 Å². The van der Waals surface area contributed by atoms with E-state index in [0.717, 1.165) is 0 Å². The highest BCUT2D eigenvalue weighted by Crippen LogP contribution is 2.34. The Morgan fingerprint density at radius 3 is 3.05 bits per heavy atom. The maximum Gasteiger partial charge on any atom is 0.297 e. The van der Waals surface area contributed by atoms with Crippen molar-refractivity contribution in [1.29, 1.82) is 5.26 Å². The van der Waals surface area contributed by atoms with E-state index in [1.54, 1.807) is 24.3 Å². The molecule has 4 nitrogen and oxygen atoms in total. The van der Waals surface area contributed by atoms with Gasteiger partial charge in [-0.2, -0.15) is 5.26 Å². The summed E-state index contributed by atoms with van der Waals surface area (Å²) in [6.07, 6.45) is 5.42. The van der Waals surface area contributed by atoms with Crippen LogP contribution in [0.2, 0.25) is 0 Å². The topological polar surface area (TPSA) is 62.4 Å². The maximum atomic E-state index is 10.9. The molecule has 6 heteroatoms. The van der Waals surface area contributed by atoms with Crippen molar-refractivity contribution in [2.24, 2.45) is 10.9 Å². The van der Waals surface area contributed by atoms with Crippen LogP contribution in [0.15, 0.2) is 39.8 Å². The molecule has 0 aliphatic carbocycles. The van der Waals surface area contributed by atoms with E-state index in [2.05, 4.69) is 20.9 Å². The molecule has 1 heterocycles. The standard InChI is InChI=1S/C13H8BrClN2O2/c14-12-4-3-11(6-9(12)8-18)19-13(15)10(7-16)2-1-5-17-13/h1-6,8,10H. The lowest BCUT2D eigenvalue weighted by atomic mass is 10.1. The lowest BCUT2D eigenvalue weighted by Gasteiger charge is -2.28. The Labute approximate surface area is 123 Å². The Morgan fingerprint density at radius 1 is 1.58 bits per heavy atom. The van der Waals surface area contributed by atoms with Crippen molar-refractivity contribution in [2.45, 2.75) is 5.18 Å². The number of carbonyl (C=O) groups excluding carboxylic acids is 1. The highest BCUT2D eigenvalue weighted by molar-refractivity contribution is 9.10. The molecule has 0 N–H and O–H groups in total. The number of dihydropyridines is 1. The normalized spacial score (nSPS) is 24.8. The Kier molecular flexibility index (Phi) is 4.03. The number of hydrogen-bond donors (Lipinski definition) is 0. The van der Waals surface area contributed by atoms with Crippen LogP contribution >= 0.6 is 27.5 Å². The molecular weight excluding hydrogens is 332 g/mol. The highest BCUT2D eigenvalue weighted by Gasteiger charge is 2.39. The molecule has 2 unspecified atom stereocenters. The van der Waals surface area contributed by atoms with E-state index in [0.29, 0.717) is 22.1 Å². The van der Waals surface area contributed by atoms with Crippen molar-refractivity contribution in [1.82, 2.24) is 0 Å². The molecule has 1 aliphatic heterocycles. The number of nitriles is 1. The second-order valence-electron chi connectivity index (χ2n) is 3.78. The van der Waals surface area contributed by atoms with Crippen LogP contribution in [0.5, 0.6) is 5.75 Å². The van der Waals surface area contributed by atoms with Gasteiger partial charge in [-0.05, 0) is 35.9 Å². The zero-order valence-electron chi connectivity index (χ0n) is 9.59. The Bertz CT molecular complexity index is 609. The van der Waals surface area contributed by atoms with E-state index in [4.69, 9.17) is 21.6 Å². The molecule has 0 bridgehead atoms. The largest absolute Gasteiger partial charge is 0.451 e. The molecule has 0 radical (unpaired) electrons. The number of alkyl halides is 1. The van der Waals surface area contributed by atoms with Gasteiger partial charge in [0.1, 0.15) is 11.7 Å². The fraction of sp³-hybridized carbons (Fsp3) is 0.154. The zero-order valence-corrected chi connectivity index (χ0v) is 11.9. The predicted octanol–water partition coefficient (Wildman–Crippen LogP) is 3.31. The first-order valence-electron chi connectivity index (χ1n) is 5.33. The van der Waals surface area contributed by atoms with Crippen molar-refractivity contribution in [2.75, 3.05) is 0 Å². The first kappa shape index (κ1) is 13.8. The fourth-order valence-corrected chi connectivity index (χ4v) is 2.16. The van der Waals surface area contributed by atoms with Crippen LogP contribution < -0.4 is 4.74 Å². The first-order chi connectivity index (χ1) is 9.09. The molecule has 19 heavy (non-hydrogen) atoms. The summed E-state index contributed by atoms with van der Waals surface area (Å²) in [7, 11) is 0. The molecule has 0 aromatic heterocycles. The van der Waals surface area contributed by atoms with E-state index >= 15 is 0 Å². The van der Waals surface area contributed by atoms with Gasteiger partial charge in [-0.3, -0.25) is 4.79 Å². The molecule has 2 atom stereocenters. The minimum absolute atomic E-state index is 0.369. The van der Waals surface area contributed by atoms with Gasteiger partial charge in [0.05, 0.1) is 6.07 Å². The molecular formula is C13H8BrClN2O2. The van der Waals surface area contributed by atoms with Gasteiger partial charge in [0.15, 0.2) is 6.29 Å². The molecule has 0 amide bonds. The van der Waals surface area contributed by atoms with Crippen molar-refractivity contribution < 1.29 is 9.53 Å². The third-order valence-corrected chi connectivity index (χ3v) is 3.65. The van der Waals surface area contributed by atoms with E-state index in [1.807, 2.05) is 6.07 Å². The van der Waals surface area contributed by atoms with Crippen LogP contribution in [0.25, 0.3) is 0 Å². The van der Waals surface area contributed by atoms with Gasteiger partial charge in [-0.15, -0.1) is 0 Å². The highest BCUT2D eigenvalue weighted by atomic mass is 79.9. The van der Waals surface area contributed by atoms with Gasteiger partial charge in [0.2, 0.25) is 0 Å². The monoisotopic (exact) mass is 338 g/mol. The van der Waals surface area contributed by atoms with Crippen LogP contribution in [0.4, 0.5) is 0 Å². The SMILES string of the molecule is N#CC1C=CC=NC1(Cl)Oc1ccc(Br)c(C=O)c1. The lowest BCUT2D eigenvalue weighted by molar-refractivity contribution is 0.111. The van der Waals surface area contributed by atoms with Gasteiger partial charge in [-0.1, -0.05) is 22.0 Å². The van der Waals surface area contributed by atoms with Gasteiger partial charge in [0.25, 0.3) is 5.18 Å². The van der Waals surface area contributed by atoms with E-state index in [9.17, 15) is 4.79 Å². The molecule has 1 aromatic carbocycles. The minimum atomic E-state index is -1.50. The smallest absolute Gasteiger partial charge is 0.297 e. The summed E-state index contributed by atoms with van der Waals surface area (Å²) >= 11 is 9.46. The number of aliphatic imine (C=N–C) groups is 1. The summed E-state index contributed by atoms with van der Waals surface area (Å²) in [4.78, 5) is 14.9. The van der Waals surface area contributed by atoms with Gasteiger partial charge < -0.3 is 4.74 Å². The second kappa shape index (κ2) is 5.55. The zero-order chi connectivity index (χ0) is 13.9. The average Bonchev–Trinajstić information content (AvgIpc) is 2.41. The second-order valence-corrected chi connectivity index (χ2v) is 5.18. The van der Waals surface area contributed by atoms with Crippen LogP contribution in [-0.2, 0) is 0 Å². The van der Waals surface area contributed by atoms with Gasteiger partial charge in [0, 0.05) is 16.3 Å². The number of carbonyl (C=O) groups is 1. The molecule has 1 aromatic rings. The molecule has 1 aliphatic rings. The van der Waals surface area contributed by atoms with E-state index in [-0.39, 0.29) is 0 Å². The van der Waals surface area contributed by atoms with E-state index in [1.165, 1.54) is 12.3 Å². The lowest BCUT2D eigenvalue weighted by Crippen LogP contribution is -2.36. The molecule has 96 valence electrons. The van der Waals surface area contributed by atoms with Gasteiger partial charge in [-0.25, -0.2) is 4.99 Å². The van der Waals surface area contributed by atoms with Crippen LogP contribution in [0.1, 0.15) is 10.4 Å². The molecule has 0 saturated carbocycles. The Balaban J connectivity index is 2.30. The summed E-state index contributed by atoms with van der Waals surface area (Å²) < 4.78 is 6.21. The summed E-state index contributed by atoms with van der Waals surface area (Å²) in [6.45, 7) is 0. The first-order valence-corrected chi connectivity index (χ1v) is 6.50. The summed E-state index contributed by atoms with van der Waals surface area (Å²) in [5.74, 6) is -0.338. The number of allylic oxidation sites excluding steroid dienone is 1. The number of hydrogen-bond acceptors (Lipinski definition) is 4. The fourth-order valence-electron chi connectivity index (χ4n) is 1.56. The van der Waals surface area contributed by atoms with Gasteiger partial charge >= 0.3 is 0 Å². The Morgan fingerprint density at radius 2 is 2.37 bits per heavy atom. The molecule has 0 fully saturated rings. The molecule has 2 rings (SSSR count). The van der Waals surface area contributed by atoms with Crippen LogP contribution in [-0.4, -0.2) is 17.7 Å². The average molecular weight is 340 g/mol. The summed E-state index contributed by atoms with van der Waals surface area (Å²) in [5.41, 5.74) is 0.432. The third kappa shape index (κ3) is 2.86. The van der Waals surface area contributed by atoms with Crippen LogP contribution in [0, 0.1) is 17.2 Å². The number of nitrogens with zero attached hydrogens (tertiary/aromatic N) is 2. The minimum Gasteiger partial charge on any atom is -0.451 e. The maximum absolute atomic E-state index is 10.9. The quantitative estimate of drug-likeness (QED) is 0.482. The molecule has 0 saturated heterocycles. The van der Waals surface area contributed by atoms with E-state index < -0.39 is 11.1 Å². The number of aldehydes is 1. The number of halogens is 2. The predicted molar refractivity (Wildman–Crippen MR) is 75.5 cm³/mol. The summed E-state index contributed by atoms with van der Waals surface area (Å²) in [6, 6.07) is 6.86. The number of ether oxygens (including phenoxy) is 1. The third-order valence-electron chi connectivity index (χ3n) is 2.52. The molecule has 0 spiro atoms. The number of rotatable bonds is 3. The van der Waals surface area contributed by atoms with Crippen LogP contribution in [0.3, 0.4) is 0 Å². The van der Waals surface area contributed by atoms with Crippen molar-refractivity contribution in [3.8, 4) is 11.8 Å². The summed E-state index contributed by atoms with van der Waals surface area (Å²) in [5, 5.41) is 7.54. The van der Waals surface area contributed by atoms with Crippen molar-refractivity contribution in [3.05, 3.63) is 40.4 Å². The number of benzene rings is 1.